The lowest BCUT2D eigenvalue weighted by atomic mass is 10.1. The Morgan fingerprint density at radius 3 is 2.59 bits per heavy atom. The minimum absolute atomic E-state index is 0.0989. The van der Waals surface area contributed by atoms with Crippen LogP contribution < -0.4 is 10.6 Å². The van der Waals surface area contributed by atoms with E-state index >= 15 is 0 Å². The Bertz CT molecular complexity index is 1120. The van der Waals surface area contributed by atoms with Crippen LogP contribution in [-0.4, -0.2) is 32.3 Å². The van der Waals surface area contributed by atoms with Crippen molar-refractivity contribution in [2.75, 3.05) is 11.1 Å². The highest BCUT2D eigenvalue weighted by Gasteiger charge is 2.16. The quantitative estimate of drug-likeness (QED) is 0.449. The van der Waals surface area contributed by atoms with Crippen molar-refractivity contribution in [2.24, 2.45) is 0 Å². The fourth-order valence-corrected chi connectivity index (χ4v) is 4.32. The van der Waals surface area contributed by atoms with Crippen LogP contribution in [0.3, 0.4) is 0 Å². The van der Waals surface area contributed by atoms with Crippen molar-refractivity contribution in [3.63, 3.8) is 0 Å². The summed E-state index contributed by atoms with van der Waals surface area (Å²) in [5.74, 6) is 0.447. The molecule has 2 amide bonds. The van der Waals surface area contributed by atoms with Gasteiger partial charge < -0.3 is 15.2 Å². The molecule has 3 aromatic rings. The highest BCUT2D eigenvalue weighted by Crippen LogP contribution is 2.23. The molecular formula is C23H26ClN5O2S. The second-order valence-electron chi connectivity index (χ2n) is 7.11. The van der Waals surface area contributed by atoms with Gasteiger partial charge in [-0.2, -0.15) is 0 Å². The minimum atomic E-state index is -0.278. The zero-order valence-corrected chi connectivity index (χ0v) is 19.9. The van der Waals surface area contributed by atoms with Gasteiger partial charge in [0, 0.05) is 12.2 Å². The van der Waals surface area contributed by atoms with Gasteiger partial charge in [-0.05, 0) is 43.5 Å². The normalized spacial score (nSPS) is 10.8. The van der Waals surface area contributed by atoms with Crippen molar-refractivity contribution >= 4 is 40.9 Å². The number of nitrogens with zero attached hydrogens (tertiary/aromatic N) is 3. The molecule has 3 rings (SSSR count). The maximum Gasteiger partial charge on any atom is 0.253 e. The van der Waals surface area contributed by atoms with E-state index in [1.165, 1.54) is 11.8 Å². The topological polar surface area (TPSA) is 88.9 Å². The molecule has 0 saturated heterocycles. The maximum atomic E-state index is 12.6. The molecule has 7 nitrogen and oxygen atoms in total. The summed E-state index contributed by atoms with van der Waals surface area (Å²) in [6, 6.07) is 12.9. The van der Waals surface area contributed by atoms with Crippen LogP contribution in [0.2, 0.25) is 5.02 Å². The number of carbonyl (C=O) groups is 2. The van der Waals surface area contributed by atoms with Gasteiger partial charge in [-0.1, -0.05) is 60.6 Å². The van der Waals surface area contributed by atoms with Gasteiger partial charge in [0.05, 0.1) is 22.9 Å². The number of aromatic nitrogens is 3. The SMILES string of the molecule is CCc1cccc(C)c1NC(=O)CSc1nnc(CNC(=O)c2ccccc2Cl)n1CC. The number of thioether (sulfide) groups is 1. The zero-order chi connectivity index (χ0) is 23.1. The van der Waals surface area contributed by atoms with E-state index in [1.54, 1.807) is 24.3 Å². The van der Waals surface area contributed by atoms with Crippen molar-refractivity contribution in [1.82, 2.24) is 20.1 Å². The predicted molar refractivity (Wildman–Crippen MR) is 128 cm³/mol. The number of aryl methyl sites for hydroxylation is 2. The van der Waals surface area contributed by atoms with E-state index in [4.69, 9.17) is 11.6 Å². The third kappa shape index (κ3) is 5.69. The first-order valence-corrected chi connectivity index (χ1v) is 11.8. The first kappa shape index (κ1) is 23.8. The summed E-state index contributed by atoms with van der Waals surface area (Å²) in [6.45, 7) is 6.84. The lowest BCUT2D eigenvalue weighted by Gasteiger charge is -2.13. The molecule has 1 heterocycles. The van der Waals surface area contributed by atoms with Crippen molar-refractivity contribution in [2.45, 2.75) is 45.4 Å². The number of para-hydroxylation sites is 1. The van der Waals surface area contributed by atoms with E-state index in [0.717, 1.165) is 23.2 Å². The monoisotopic (exact) mass is 471 g/mol. The van der Waals surface area contributed by atoms with Gasteiger partial charge in [0.1, 0.15) is 0 Å². The fourth-order valence-electron chi connectivity index (χ4n) is 3.28. The summed E-state index contributed by atoms with van der Waals surface area (Å²) >= 11 is 7.40. The van der Waals surface area contributed by atoms with Crippen LogP contribution in [0, 0.1) is 6.92 Å². The average molecular weight is 472 g/mol. The standard InChI is InChI=1S/C23H26ClN5O2S/c1-4-16-10-8-9-15(3)21(16)26-20(30)14-32-23-28-27-19(29(23)5-2)13-25-22(31)17-11-6-7-12-18(17)24/h6-12H,4-5,13-14H2,1-3H3,(H,25,31)(H,26,30). The van der Waals surface area contributed by atoms with Gasteiger partial charge in [-0.3, -0.25) is 9.59 Å². The van der Waals surface area contributed by atoms with Crippen LogP contribution in [0.1, 0.15) is 41.2 Å². The molecule has 168 valence electrons. The van der Waals surface area contributed by atoms with Crippen molar-refractivity contribution < 1.29 is 9.59 Å². The van der Waals surface area contributed by atoms with Crippen LogP contribution in [0.15, 0.2) is 47.6 Å². The molecule has 0 aliphatic carbocycles. The zero-order valence-electron chi connectivity index (χ0n) is 18.3. The molecule has 2 N–H and O–H groups in total. The number of carbonyl (C=O) groups excluding carboxylic acids is 2. The van der Waals surface area contributed by atoms with E-state index in [9.17, 15) is 9.59 Å². The number of hydrogen-bond acceptors (Lipinski definition) is 5. The molecule has 0 radical (unpaired) electrons. The number of halogens is 1. The first-order chi connectivity index (χ1) is 15.4. The summed E-state index contributed by atoms with van der Waals surface area (Å²) < 4.78 is 1.88. The highest BCUT2D eigenvalue weighted by atomic mass is 35.5. The van der Waals surface area contributed by atoms with E-state index in [-0.39, 0.29) is 24.1 Å². The van der Waals surface area contributed by atoms with Crippen LogP contribution in [-0.2, 0) is 24.3 Å². The molecule has 0 aliphatic rings. The molecule has 1 aromatic heterocycles. The van der Waals surface area contributed by atoms with Crippen molar-refractivity contribution in [3.05, 3.63) is 70.0 Å². The number of benzene rings is 2. The summed E-state index contributed by atoms with van der Waals surface area (Å²) in [5, 5.41) is 15.3. The Morgan fingerprint density at radius 1 is 1.09 bits per heavy atom. The molecular weight excluding hydrogens is 446 g/mol. The number of amides is 2. The molecule has 32 heavy (non-hydrogen) atoms. The largest absolute Gasteiger partial charge is 0.345 e. The van der Waals surface area contributed by atoms with Crippen molar-refractivity contribution in [3.8, 4) is 0 Å². The van der Waals surface area contributed by atoms with Gasteiger partial charge >= 0.3 is 0 Å². The lowest BCUT2D eigenvalue weighted by Crippen LogP contribution is -2.25. The van der Waals surface area contributed by atoms with Crippen molar-refractivity contribution in [1.29, 1.82) is 0 Å². The van der Waals surface area contributed by atoms with Crippen LogP contribution in [0.5, 0.6) is 0 Å². The summed E-state index contributed by atoms with van der Waals surface area (Å²) in [6.07, 6.45) is 0.845. The summed E-state index contributed by atoms with van der Waals surface area (Å²) in [5.41, 5.74) is 3.43. The van der Waals surface area contributed by atoms with E-state index < -0.39 is 0 Å². The smallest absolute Gasteiger partial charge is 0.253 e. The number of hydrogen-bond donors (Lipinski definition) is 2. The molecule has 0 bridgehead atoms. The second kappa shape index (κ2) is 11.2. The minimum Gasteiger partial charge on any atom is -0.345 e. The van der Waals surface area contributed by atoms with E-state index in [2.05, 4.69) is 27.8 Å². The summed E-state index contributed by atoms with van der Waals surface area (Å²) in [7, 11) is 0. The highest BCUT2D eigenvalue weighted by molar-refractivity contribution is 7.99. The molecule has 0 atom stereocenters. The Hall–Kier alpha value is -2.84. The van der Waals surface area contributed by atoms with Gasteiger partial charge in [-0.15, -0.1) is 10.2 Å². The van der Waals surface area contributed by atoms with E-state index in [0.29, 0.717) is 28.1 Å². The molecule has 0 unspecified atom stereocenters. The number of anilines is 1. The Labute approximate surface area is 197 Å². The summed E-state index contributed by atoms with van der Waals surface area (Å²) in [4.78, 5) is 25.0. The third-order valence-corrected chi connectivity index (χ3v) is 6.27. The molecule has 2 aromatic carbocycles. The first-order valence-electron chi connectivity index (χ1n) is 10.4. The Morgan fingerprint density at radius 2 is 1.88 bits per heavy atom. The maximum absolute atomic E-state index is 12.6. The number of rotatable bonds is 9. The van der Waals surface area contributed by atoms with Gasteiger partial charge in [0.2, 0.25) is 5.91 Å². The van der Waals surface area contributed by atoms with E-state index in [1.807, 2.05) is 36.6 Å². The fraction of sp³-hybridized carbons (Fsp3) is 0.304. The molecule has 0 spiro atoms. The predicted octanol–water partition coefficient (Wildman–Crippen LogP) is 4.48. The van der Waals surface area contributed by atoms with Gasteiger partial charge in [-0.25, -0.2) is 0 Å². The molecule has 0 saturated carbocycles. The number of nitrogens with one attached hydrogen (secondary N) is 2. The molecule has 0 fully saturated rings. The Balaban J connectivity index is 1.61. The molecule has 9 heteroatoms. The second-order valence-corrected chi connectivity index (χ2v) is 8.45. The van der Waals surface area contributed by atoms with Crippen LogP contribution in [0.4, 0.5) is 5.69 Å². The van der Waals surface area contributed by atoms with Crippen LogP contribution >= 0.6 is 23.4 Å². The third-order valence-electron chi connectivity index (χ3n) is 4.97. The lowest BCUT2D eigenvalue weighted by molar-refractivity contribution is -0.113. The van der Waals surface area contributed by atoms with Crippen LogP contribution in [0.25, 0.3) is 0 Å². The molecule has 0 aliphatic heterocycles. The van der Waals surface area contributed by atoms with Gasteiger partial charge in [0.25, 0.3) is 5.91 Å². The average Bonchev–Trinajstić information content (AvgIpc) is 3.19. The Kier molecular flexibility index (Phi) is 8.30. The van der Waals surface area contributed by atoms with Gasteiger partial charge in [0.15, 0.2) is 11.0 Å².